The molecule has 1 rings (SSSR count). The zero-order valence-corrected chi connectivity index (χ0v) is 11.4. The summed E-state index contributed by atoms with van der Waals surface area (Å²) < 4.78 is 0. The lowest BCUT2D eigenvalue weighted by molar-refractivity contribution is -0.385. The summed E-state index contributed by atoms with van der Waals surface area (Å²) >= 11 is 0. The highest BCUT2D eigenvalue weighted by Gasteiger charge is 2.12. The highest BCUT2D eigenvalue weighted by molar-refractivity contribution is 5.44. The predicted molar refractivity (Wildman–Crippen MR) is 73.6 cm³/mol. The molecular weight excluding hydrogens is 228 g/mol. The molecule has 1 aromatic rings. The van der Waals surface area contributed by atoms with Crippen molar-refractivity contribution in [3.63, 3.8) is 0 Å². The van der Waals surface area contributed by atoms with Crippen molar-refractivity contribution in [1.82, 2.24) is 5.32 Å². The molecule has 4 nitrogen and oxygen atoms in total. The summed E-state index contributed by atoms with van der Waals surface area (Å²) in [5.41, 5.74) is 1.98. The number of hydrogen-bond acceptors (Lipinski definition) is 3. The van der Waals surface area contributed by atoms with Crippen LogP contribution >= 0.6 is 0 Å². The Kier molecular flexibility index (Phi) is 5.78. The van der Waals surface area contributed by atoms with Gasteiger partial charge in [0.05, 0.1) is 4.92 Å². The average Bonchev–Trinajstić information content (AvgIpc) is 2.30. The van der Waals surface area contributed by atoms with Crippen LogP contribution in [0.1, 0.15) is 37.8 Å². The van der Waals surface area contributed by atoms with Gasteiger partial charge in [-0.3, -0.25) is 10.1 Å². The van der Waals surface area contributed by atoms with E-state index in [2.05, 4.69) is 19.2 Å². The van der Waals surface area contributed by atoms with E-state index in [9.17, 15) is 10.1 Å². The van der Waals surface area contributed by atoms with Crippen molar-refractivity contribution in [2.24, 2.45) is 5.92 Å². The van der Waals surface area contributed by atoms with Gasteiger partial charge in [0.1, 0.15) is 0 Å². The van der Waals surface area contributed by atoms with E-state index in [1.807, 2.05) is 13.0 Å². The molecule has 4 heteroatoms. The molecule has 0 saturated heterocycles. The van der Waals surface area contributed by atoms with E-state index >= 15 is 0 Å². The van der Waals surface area contributed by atoms with Gasteiger partial charge in [0.15, 0.2) is 0 Å². The molecule has 0 heterocycles. The number of nitrogens with one attached hydrogen (secondary N) is 1. The first-order chi connectivity index (χ1) is 8.52. The number of rotatable bonds is 7. The van der Waals surface area contributed by atoms with Gasteiger partial charge in [-0.1, -0.05) is 26.0 Å². The van der Waals surface area contributed by atoms with Gasteiger partial charge in [0.2, 0.25) is 0 Å². The predicted octanol–water partition coefficient (Wildman–Crippen LogP) is 3.43. The monoisotopic (exact) mass is 250 g/mol. The quantitative estimate of drug-likeness (QED) is 0.458. The van der Waals surface area contributed by atoms with Crippen molar-refractivity contribution in [3.8, 4) is 0 Å². The van der Waals surface area contributed by atoms with Gasteiger partial charge in [-0.2, -0.15) is 0 Å². The fourth-order valence-corrected chi connectivity index (χ4v) is 1.92. The van der Waals surface area contributed by atoms with Crippen molar-refractivity contribution in [2.75, 3.05) is 6.54 Å². The van der Waals surface area contributed by atoms with Crippen LogP contribution in [0.4, 0.5) is 5.69 Å². The molecular formula is C14H22N2O2. The maximum absolute atomic E-state index is 10.8. The molecule has 1 N–H and O–H groups in total. The Morgan fingerprint density at radius 3 is 2.72 bits per heavy atom. The molecule has 1 aromatic carbocycles. The first-order valence-corrected chi connectivity index (χ1v) is 6.46. The lowest BCUT2D eigenvalue weighted by Crippen LogP contribution is -2.16. The summed E-state index contributed by atoms with van der Waals surface area (Å²) in [6.45, 7) is 7.89. The van der Waals surface area contributed by atoms with E-state index in [0.29, 0.717) is 6.54 Å². The highest BCUT2D eigenvalue weighted by atomic mass is 16.6. The van der Waals surface area contributed by atoms with E-state index in [0.717, 1.165) is 30.0 Å². The molecule has 0 aromatic heterocycles. The van der Waals surface area contributed by atoms with Gasteiger partial charge in [-0.05, 0) is 37.8 Å². The Morgan fingerprint density at radius 1 is 1.39 bits per heavy atom. The van der Waals surface area contributed by atoms with Crippen LogP contribution in [0.15, 0.2) is 18.2 Å². The van der Waals surface area contributed by atoms with Crippen molar-refractivity contribution >= 4 is 5.69 Å². The summed E-state index contributed by atoms with van der Waals surface area (Å²) in [4.78, 5) is 10.5. The molecule has 0 amide bonds. The molecule has 0 fully saturated rings. The topological polar surface area (TPSA) is 55.2 Å². The van der Waals surface area contributed by atoms with Gasteiger partial charge >= 0.3 is 0 Å². The normalized spacial score (nSPS) is 10.9. The fourth-order valence-electron chi connectivity index (χ4n) is 1.92. The van der Waals surface area contributed by atoms with Crippen LogP contribution in [-0.4, -0.2) is 11.5 Å². The SMILES string of the molecule is Cc1c(CNCCCC(C)C)cccc1[N+](=O)[O-]. The number of nitro groups is 1. The lowest BCUT2D eigenvalue weighted by atomic mass is 10.1. The van der Waals surface area contributed by atoms with Crippen molar-refractivity contribution in [2.45, 2.75) is 40.2 Å². The molecule has 0 unspecified atom stereocenters. The number of hydrogen-bond donors (Lipinski definition) is 1. The molecule has 0 aliphatic carbocycles. The molecule has 18 heavy (non-hydrogen) atoms. The third kappa shape index (κ3) is 4.45. The Balaban J connectivity index is 2.48. The van der Waals surface area contributed by atoms with Crippen LogP contribution in [0.3, 0.4) is 0 Å². The highest BCUT2D eigenvalue weighted by Crippen LogP contribution is 2.20. The Labute approximate surface area is 109 Å². The number of nitrogens with zero attached hydrogens (tertiary/aromatic N) is 1. The molecule has 0 bridgehead atoms. The van der Waals surface area contributed by atoms with Crippen LogP contribution in [0, 0.1) is 23.0 Å². The van der Waals surface area contributed by atoms with Crippen LogP contribution < -0.4 is 5.32 Å². The largest absolute Gasteiger partial charge is 0.313 e. The zero-order valence-electron chi connectivity index (χ0n) is 11.4. The van der Waals surface area contributed by atoms with E-state index in [1.54, 1.807) is 12.1 Å². The molecule has 0 radical (unpaired) electrons. The average molecular weight is 250 g/mol. The molecule has 0 saturated carbocycles. The Hall–Kier alpha value is -1.42. The Bertz CT molecular complexity index is 403. The van der Waals surface area contributed by atoms with Crippen LogP contribution in [-0.2, 0) is 6.54 Å². The van der Waals surface area contributed by atoms with Gasteiger partial charge < -0.3 is 5.32 Å². The minimum absolute atomic E-state index is 0.205. The maximum Gasteiger partial charge on any atom is 0.272 e. The Morgan fingerprint density at radius 2 is 2.11 bits per heavy atom. The van der Waals surface area contributed by atoms with Crippen LogP contribution in [0.2, 0.25) is 0 Å². The third-order valence-electron chi connectivity index (χ3n) is 3.06. The molecule has 0 aliphatic rings. The van der Waals surface area contributed by atoms with E-state index in [1.165, 1.54) is 6.42 Å². The van der Waals surface area contributed by atoms with Gasteiger partial charge in [-0.25, -0.2) is 0 Å². The lowest BCUT2D eigenvalue weighted by Gasteiger charge is -2.09. The summed E-state index contributed by atoms with van der Waals surface area (Å²) in [6, 6.07) is 5.24. The van der Waals surface area contributed by atoms with Crippen LogP contribution in [0.25, 0.3) is 0 Å². The zero-order chi connectivity index (χ0) is 13.5. The molecule has 0 aliphatic heterocycles. The second kappa shape index (κ2) is 7.11. The number of nitro benzene ring substituents is 1. The summed E-state index contributed by atoms with van der Waals surface area (Å²) in [5, 5.41) is 14.2. The summed E-state index contributed by atoms with van der Waals surface area (Å²) in [6.07, 6.45) is 2.35. The van der Waals surface area contributed by atoms with Gasteiger partial charge in [0, 0.05) is 18.2 Å². The van der Waals surface area contributed by atoms with E-state index in [-0.39, 0.29) is 10.6 Å². The summed E-state index contributed by atoms with van der Waals surface area (Å²) in [5.74, 6) is 0.728. The first-order valence-electron chi connectivity index (χ1n) is 6.46. The minimum atomic E-state index is -0.322. The van der Waals surface area contributed by atoms with E-state index in [4.69, 9.17) is 0 Å². The second-order valence-corrected chi connectivity index (χ2v) is 5.03. The standard InChI is InChI=1S/C14H22N2O2/c1-11(2)6-5-9-15-10-13-7-4-8-14(12(13)3)16(17)18/h4,7-8,11,15H,5-6,9-10H2,1-3H3. The van der Waals surface area contributed by atoms with E-state index < -0.39 is 0 Å². The van der Waals surface area contributed by atoms with Crippen molar-refractivity contribution in [1.29, 1.82) is 0 Å². The molecule has 0 atom stereocenters. The van der Waals surface area contributed by atoms with Crippen molar-refractivity contribution in [3.05, 3.63) is 39.4 Å². The third-order valence-corrected chi connectivity index (χ3v) is 3.06. The minimum Gasteiger partial charge on any atom is -0.313 e. The smallest absolute Gasteiger partial charge is 0.272 e. The van der Waals surface area contributed by atoms with Gasteiger partial charge in [-0.15, -0.1) is 0 Å². The number of benzene rings is 1. The van der Waals surface area contributed by atoms with Crippen molar-refractivity contribution < 1.29 is 4.92 Å². The molecule has 100 valence electrons. The first kappa shape index (κ1) is 14.6. The molecule has 0 spiro atoms. The summed E-state index contributed by atoms with van der Waals surface area (Å²) in [7, 11) is 0. The second-order valence-electron chi connectivity index (χ2n) is 5.03. The fraction of sp³-hybridized carbons (Fsp3) is 0.571. The van der Waals surface area contributed by atoms with Gasteiger partial charge in [0.25, 0.3) is 5.69 Å². The van der Waals surface area contributed by atoms with Crippen LogP contribution in [0.5, 0.6) is 0 Å². The maximum atomic E-state index is 10.8.